The van der Waals surface area contributed by atoms with Gasteiger partial charge in [-0.3, -0.25) is 4.40 Å². The van der Waals surface area contributed by atoms with E-state index in [4.69, 9.17) is 11.6 Å². The Morgan fingerprint density at radius 1 is 1.47 bits per heavy atom. The lowest BCUT2D eigenvalue weighted by Gasteiger charge is -2.13. The highest BCUT2D eigenvalue weighted by Gasteiger charge is 2.24. The van der Waals surface area contributed by atoms with Crippen LogP contribution in [-0.4, -0.2) is 14.5 Å². The number of hydrogen-bond donors (Lipinski definition) is 1. The van der Waals surface area contributed by atoms with Crippen LogP contribution in [0.25, 0.3) is 5.65 Å². The molecule has 15 heavy (non-hydrogen) atoms. The molecule has 0 aliphatic rings. The quantitative estimate of drug-likeness (QED) is 0.808. The number of fused-ring (bicyclic) bond motifs is 1. The van der Waals surface area contributed by atoms with E-state index in [0.29, 0.717) is 10.8 Å². The van der Waals surface area contributed by atoms with E-state index in [1.54, 1.807) is 18.2 Å². The molecule has 0 amide bonds. The van der Waals surface area contributed by atoms with Crippen molar-refractivity contribution < 1.29 is 5.11 Å². The zero-order valence-corrected chi connectivity index (χ0v) is 9.71. The second-order valence-corrected chi connectivity index (χ2v) is 4.60. The number of aliphatic hydroxyl groups is 1. The predicted octanol–water partition coefficient (Wildman–Crippen LogP) is 2.52. The minimum atomic E-state index is -1.02. The lowest BCUT2D eigenvalue weighted by Crippen LogP contribution is -2.16. The van der Waals surface area contributed by atoms with E-state index in [1.807, 2.05) is 25.3 Å². The summed E-state index contributed by atoms with van der Waals surface area (Å²) in [6, 6.07) is 3.88. The maximum atomic E-state index is 9.88. The van der Waals surface area contributed by atoms with Crippen molar-refractivity contribution in [3.63, 3.8) is 0 Å². The molecule has 2 rings (SSSR count). The van der Waals surface area contributed by atoms with Gasteiger partial charge in [-0.1, -0.05) is 11.6 Å². The first-order valence-electron chi connectivity index (χ1n) is 4.76. The molecule has 1 N–H and O–H groups in total. The van der Waals surface area contributed by atoms with Crippen molar-refractivity contribution in [2.45, 2.75) is 26.4 Å². The molecule has 0 saturated carbocycles. The zero-order chi connectivity index (χ0) is 11.2. The number of nitrogens with zero attached hydrogens (tertiary/aromatic N) is 2. The monoisotopic (exact) mass is 224 g/mol. The van der Waals surface area contributed by atoms with Gasteiger partial charge in [0.1, 0.15) is 22.1 Å². The number of aryl methyl sites for hydroxylation is 1. The predicted molar refractivity (Wildman–Crippen MR) is 60.2 cm³/mol. The SMILES string of the molecule is Cc1ccn2c(Cl)c(C(C)(C)O)nc2c1. The maximum Gasteiger partial charge on any atom is 0.139 e. The third kappa shape index (κ3) is 1.73. The average Bonchev–Trinajstić information content (AvgIpc) is 2.42. The summed E-state index contributed by atoms with van der Waals surface area (Å²) >= 11 is 6.13. The molecule has 0 unspecified atom stereocenters. The number of rotatable bonds is 1. The van der Waals surface area contributed by atoms with Crippen LogP contribution in [-0.2, 0) is 5.60 Å². The maximum absolute atomic E-state index is 9.88. The number of imidazole rings is 1. The van der Waals surface area contributed by atoms with Crippen molar-refractivity contribution in [3.8, 4) is 0 Å². The number of hydrogen-bond acceptors (Lipinski definition) is 2. The van der Waals surface area contributed by atoms with E-state index in [0.717, 1.165) is 11.2 Å². The summed E-state index contributed by atoms with van der Waals surface area (Å²) in [5.74, 6) is 0. The molecule has 0 fully saturated rings. The zero-order valence-electron chi connectivity index (χ0n) is 8.95. The van der Waals surface area contributed by atoms with Crippen molar-refractivity contribution >= 4 is 17.2 Å². The molecule has 4 heteroatoms. The Kier molecular flexibility index (Phi) is 2.24. The van der Waals surface area contributed by atoms with Crippen LogP contribution in [0.5, 0.6) is 0 Å². The van der Waals surface area contributed by atoms with Crippen LogP contribution in [0.1, 0.15) is 25.1 Å². The van der Waals surface area contributed by atoms with E-state index >= 15 is 0 Å². The van der Waals surface area contributed by atoms with Gasteiger partial charge in [-0.25, -0.2) is 4.98 Å². The van der Waals surface area contributed by atoms with Crippen LogP contribution in [0, 0.1) is 6.92 Å². The molecule has 0 atom stereocenters. The molecule has 0 radical (unpaired) electrons. The molecule has 2 aromatic heterocycles. The standard InChI is InChI=1S/C11H13ClN2O/c1-7-4-5-14-8(6-7)13-9(10(14)12)11(2,3)15/h4-6,15H,1-3H3. The lowest BCUT2D eigenvalue weighted by atomic mass is 10.1. The lowest BCUT2D eigenvalue weighted by molar-refractivity contribution is 0.0745. The topological polar surface area (TPSA) is 37.5 Å². The van der Waals surface area contributed by atoms with E-state index in [9.17, 15) is 5.11 Å². The molecular weight excluding hydrogens is 212 g/mol. The summed E-state index contributed by atoms with van der Waals surface area (Å²) in [5, 5.41) is 10.3. The number of halogens is 1. The normalized spacial score (nSPS) is 12.3. The second kappa shape index (κ2) is 3.22. The third-order valence-corrected chi connectivity index (χ3v) is 2.66. The average molecular weight is 225 g/mol. The van der Waals surface area contributed by atoms with Crippen LogP contribution < -0.4 is 0 Å². The van der Waals surface area contributed by atoms with Crippen LogP contribution in [0.15, 0.2) is 18.3 Å². The Labute approximate surface area is 93.3 Å². The van der Waals surface area contributed by atoms with Gasteiger partial charge in [0.15, 0.2) is 0 Å². The molecule has 0 aromatic carbocycles. The molecule has 0 saturated heterocycles. The first kappa shape index (κ1) is 10.5. The molecule has 0 spiro atoms. The van der Waals surface area contributed by atoms with Crippen molar-refractivity contribution in [2.24, 2.45) is 0 Å². The third-order valence-electron chi connectivity index (χ3n) is 2.30. The van der Waals surface area contributed by atoms with Gasteiger partial charge in [-0.05, 0) is 38.5 Å². The van der Waals surface area contributed by atoms with Gasteiger partial charge in [-0.15, -0.1) is 0 Å². The summed E-state index contributed by atoms with van der Waals surface area (Å²) in [4.78, 5) is 4.33. The summed E-state index contributed by atoms with van der Waals surface area (Å²) in [6.07, 6.45) is 1.86. The van der Waals surface area contributed by atoms with Crippen molar-refractivity contribution in [1.29, 1.82) is 0 Å². The Morgan fingerprint density at radius 2 is 2.13 bits per heavy atom. The Morgan fingerprint density at radius 3 is 2.73 bits per heavy atom. The molecule has 2 aromatic rings. The van der Waals surface area contributed by atoms with Gasteiger partial charge < -0.3 is 5.11 Å². The largest absolute Gasteiger partial charge is 0.384 e. The fourth-order valence-corrected chi connectivity index (χ4v) is 1.92. The summed E-state index contributed by atoms with van der Waals surface area (Å²) in [6.45, 7) is 5.34. The summed E-state index contributed by atoms with van der Waals surface area (Å²) < 4.78 is 1.77. The minimum absolute atomic E-state index is 0.470. The van der Waals surface area contributed by atoms with Crippen LogP contribution in [0.2, 0.25) is 5.15 Å². The smallest absolute Gasteiger partial charge is 0.139 e. The van der Waals surface area contributed by atoms with E-state index < -0.39 is 5.60 Å². The van der Waals surface area contributed by atoms with Gasteiger partial charge in [0.05, 0.1) is 0 Å². The van der Waals surface area contributed by atoms with Crippen LogP contribution >= 0.6 is 11.6 Å². The molecular formula is C11H13ClN2O. The van der Waals surface area contributed by atoms with Crippen molar-refractivity contribution in [1.82, 2.24) is 9.38 Å². The first-order valence-corrected chi connectivity index (χ1v) is 5.14. The fraction of sp³-hybridized carbons (Fsp3) is 0.364. The van der Waals surface area contributed by atoms with Crippen LogP contribution in [0.3, 0.4) is 0 Å². The Bertz CT molecular complexity index is 511. The second-order valence-electron chi connectivity index (χ2n) is 4.24. The Balaban J connectivity index is 2.75. The highest BCUT2D eigenvalue weighted by atomic mass is 35.5. The molecule has 0 aliphatic carbocycles. The van der Waals surface area contributed by atoms with Crippen LogP contribution in [0.4, 0.5) is 0 Å². The molecule has 0 bridgehead atoms. The van der Waals surface area contributed by atoms with Gasteiger partial charge in [0.2, 0.25) is 0 Å². The summed E-state index contributed by atoms with van der Waals surface area (Å²) in [5.41, 5.74) is 1.37. The van der Waals surface area contributed by atoms with E-state index in [-0.39, 0.29) is 0 Å². The molecule has 2 heterocycles. The minimum Gasteiger partial charge on any atom is -0.384 e. The number of aromatic nitrogens is 2. The Hall–Kier alpha value is -1.06. The van der Waals surface area contributed by atoms with Crippen molar-refractivity contribution in [3.05, 3.63) is 34.7 Å². The van der Waals surface area contributed by atoms with Gasteiger partial charge in [-0.2, -0.15) is 0 Å². The fourth-order valence-electron chi connectivity index (χ4n) is 1.51. The number of pyridine rings is 1. The molecule has 80 valence electrons. The van der Waals surface area contributed by atoms with Gasteiger partial charge >= 0.3 is 0 Å². The first-order chi connectivity index (χ1) is 6.89. The molecule has 3 nitrogen and oxygen atoms in total. The molecule has 0 aliphatic heterocycles. The highest BCUT2D eigenvalue weighted by molar-refractivity contribution is 6.30. The van der Waals surface area contributed by atoms with E-state index in [1.165, 1.54) is 0 Å². The van der Waals surface area contributed by atoms with Crippen molar-refractivity contribution in [2.75, 3.05) is 0 Å². The highest BCUT2D eigenvalue weighted by Crippen LogP contribution is 2.28. The van der Waals surface area contributed by atoms with E-state index in [2.05, 4.69) is 4.98 Å². The summed E-state index contributed by atoms with van der Waals surface area (Å²) in [7, 11) is 0. The van der Waals surface area contributed by atoms with Gasteiger partial charge in [0.25, 0.3) is 0 Å². The van der Waals surface area contributed by atoms with Gasteiger partial charge in [0, 0.05) is 6.20 Å².